The first kappa shape index (κ1) is 26.4. The van der Waals surface area contributed by atoms with Gasteiger partial charge in [0.05, 0.1) is 11.9 Å². The highest BCUT2D eigenvalue weighted by Crippen LogP contribution is 2.25. The smallest absolute Gasteiger partial charge is 0.244 e. The molecule has 8 heteroatoms. The van der Waals surface area contributed by atoms with E-state index >= 15 is 0 Å². The molecule has 0 fully saturated rings. The summed E-state index contributed by atoms with van der Waals surface area (Å²) in [6, 6.07) is 12.4. The molecule has 0 aromatic heterocycles. The van der Waals surface area contributed by atoms with Gasteiger partial charge in [0, 0.05) is 13.1 Å². The van der Waals surface area contributed by atoms with Gasteiger partial charge in [0.15, 0.2) is 0 Å². The zero-order valence-electron chi connectivity index (χ0n) is 20.4. The Bertz CT molecular complexity index is 1080. The van der Waals surface area contributed by atoms with Crippen molar-refractivity contribution in [1.82, 2.24) is 10.2 Å². The zero-order valence-corrected chi connectivity index (χ0v) is 21.2. The van der Waals surface area contributed by atoms with Crippen LogP contribution in [0.1, 0.15) is 42.5 Å². The summed E-state index contributed by atoms with van der Waals surface area (Å²) in [6.07, 6.45) is 1.50. The second-order valence-electron chi connectivity index (χ2n) is 8.31. The van der Waals surface area contributed by atoms with Gasteiger partial charge >= 0.3 is 0 Å². The summed E-state index contributed by atoms with van der Waals surface area (Å²) >= 11 is 0. The van der Waals surface area contributed by atoms with Crippen LogP contribution in [0.15, 0.2) is 42.5 Å². The molecule has 2 rings (SSSR count). The lowest BCUT2D eigenvalue weighted by Gasteiger charge is -2.33. The lowest BCUT2D eigenvalue weighted by Crippen LogP contribution is -2.52. The number of hydrogen-bond donors (Lipinski definition) is 1. The Hall–Kier alpha value is -2.87. The molecular weight excluding hydrogens is 438 g/mol. The average Bonchev–Trinajstić information content (AvgIpc) is 2.75. The van der Waals surface area contributed by atoms with Crippen LogP contribution in [-0.2, 0) is 26.2 Å². The van der Waals surface area contributed by atoms with E-state index in [0.717, 1.165) is 32.8 Å². The maximum atomic E-state index is 13.6. The van der Waals surface area contributed by atoms with Gasteiger partial charge < -0.3 is 10.2 Å². The number of sulfonamides is 1. The minimum absolute atomic E-state index is 0.207. The van der Waals surface area contributed by atoms with Gasteiger partial charge in [-0.2, -0.15) is 0 Å². The summed E-state index contributed by atoms with van der Waals surface area (Å²) in [7, 11) is -3.74. The molecule has 0 saturated carbocycles. The second-order valence-corrected chi connectivity index (χ2v) is 10.2. The first-order valence-corrected chi connectivity index (χ1v) is 13.0. The fourth-order valence-corrected chi connectivity index (χ4v) is 4.60. The van der Waals surface area contributed by atoms with Crippen LogP contribution < -0.4 is 9.62 Å². The van der Waals surface area contributed by atoms with Crippen molar-refractivity contribution < 1.29 is 18.0 Å². The van der Waals surface area contributed by atoms with Crippen LogP contribution in [0.2, 0.25) is 0 Å². The van der Waals surface area contributed by atoms with Crippen LogP contribution in [0.25, 0.3) is 0 Å². The predicted octanol–water partition coefficient (Wildman–Crippen LogP) is 3.32. The average molecular weight is 474 g/mol. The fourth-order valence-electron chi connectivity index (χ4n) is 3.70. The molecule has 7 nitrogen and oxygen atoms in total. The lowest BCUT2D eigenvalue weighted by atomic mass is 10.1. The van der Waals surface area contributed by atoms with Crippen LogP contribution >= 0.6 is 0 Å². The molecule has 0 saturated heterocycles. The number of likely N-dealkylation sites (N-methyl/N-ethyl adjacent to an activating group) is 1. The largest absolute Gasteiger partial charge is 0.355 e. The Labute approximate surface area is 197 Å². The molecule has 1 N–H and O–H groups in total. The fraction of sp³-hybridized carbons (Fsp3) is 0.440. The number of aryl methyl sites for hydroxylation is 2. The monoisotopic (exact) mass is 473 g/mol. The van der Waals surface area contributed by atoms with E-state index in [1.165, 1.54) is 4.90 Å². The number of carbonyl (C=O) groups is 2. The number of benzene rings is 2. The Morgan fingerprint density at radius 2 is 1.64 bits per heavy atom. The van der Waals surface area contributed by atoms with Gasteiger partial charge in [-0.1, -0.05) is 48.9 Å². The number of anilines is 1. The van der Waals surface area contributed by atoms with Crippen molar-refractivity contribution >= 4 is 27.5 Å². The molecule has 0 aliphatic rings. The van der Waals surface area contributed by atoms with E-state index in [4.69, 9.17) is 0 Å². The van der Waals surface area contributed by atoms with Crippen molar-refractivity contribution in [2.45, 2.75) is 53.6 Å². The summed E-state index contributed by atoms with van der Waals surface area (Å²) in [5, 5.41) is 2.79. The number of nitrogens with one attached hydrogen (secondary N) is 1. The van der Waals surface area contributed by atoms with E-state index in [-0.39, 0.29) is 19.0 Å². The van der Waals surface area contributed by atoms with Gasteiger partial charge in [-0.3, -0.25) is 13.9 Å². The predicted molar refractivity (Wildman–Crippen MR) is 133 cm³/mol. The Morgan fingerprint density at radius 1 is 1.00 bits per heavy atom. The van der Waals surface area contributed by atoms with Gasteiger partial charge in [0.25, 0.3) is 0 Å². The molecular formula is C25H35N3O4S. The summed E-state index contributed by atoms with van der Waals surface area (Å²) in [6.45, 7) is 9.64. The Morgan fingerprint density at radius 3 is 2.18 bits per heavy atom. The number of amides is 2. The summed E-state index contributed by atoms with van der Waals surface area (Å²) in [5.41, 5.74) is 4.14. The summed E-state index contributed by atoms with van der Waals surface area (Å²) in [4.78, 5) is 27.9. The van der Waals surface area contributed by atoms with Crippen molar-refractivity contribution in [3.63, 3.8) is 0 Å². The number of hydrogen-bond acceptors (Lipinski definition) is 4. The van der Waals surface area contributed by atoms with Crippen molar-refractivity contribution in [2.75, 3.05) is 23.7 Å². The standard InChI is InChI=1S/C25H35N3O4S/c1-7-22(25(30)26-8-2)27(16-21-14-12-18(3)13-15-21)24(29)17-28(33(6,31)32)23-11-9-10-19(4)20(23)5/h9-15,22H,7-8,16-17H2,1-6H3,(H,26,30)/t22-/m1/s1. The Balaban J connectivity index is 2.47. The highest BCUT2D eigenvalue weighted by molar-refractivity contribution is 7.92. The van der Waals surface area contributed by atoms with Crippen molar-refractivity contribution in [3.05, 3.63) is 64.7 Å². The topological polar surface area (TPSA) is 86.8 Å². The van der Waals surface area contributed by atoms with Crippen LogP contribution in [-0.4, -0.2) is 50.5 Å². The maximum Gasteiger partial charge on any atom is 0.244 e. The maximum absolute atomic E-state index is 13.6. The zero-order chi connectivity index (χ0) is 24.8. The summed E-state index contributed by atoms with van der Waals surface area (Å²) in [5.74, 6) is -0.682. The molecule has 2 aromatic rings. The third kappa shape index (κ3) is 6.81. The van der Waals surface area contributed by atoms with Gasteiger partial charge in [-0.25, -0.2) is 8.42 Å². The molecule has 0 bridgehead atoms. The third-order valence-electron chi connectivity index (χ3n) is 5.73. The molecule has 0 radical (unpaired) electrons. The SMILES string of the molecule is CCNC(=O)[C@@H](CC)N(Cc1ccc(C)cc1)C(=O)CN(c1cccc(C)c1C)S(C)(=O)=O. The van der Waals surface area contributed by atoms with Crippen molar-refractivity contribution in [2.24, 2.45) is 0 Å². The second kappa shape index (κ2) is 11.3. The Kier molecular flexibility index (Phi) is 9.05. The van der Waals surface area contributed by atoms with Crippen LogP contribution in [0.5, 0.6) is 0 Å². The number of carbonyl (C=O) groups excluding carboxylic acids is 2. The van der Waals surface area contributed by atoms with E-state index in [1.54, 1.807) is 12.1 Å². The minimum atomic E-state index is -3.74. The molecule has 1 atom stereocenters. The molecule has 0 aliphatic heterocycles. The molecule has 2 amide bonds. The molecule has 0 aliphatic carbocycles. The van der Waals surface area contributed by atoms with E-state index in [9.17, 15) is 18.0 Å². The molecule has 2 aromatic carbocycles. The van der Waals surface area contributed by atoms with Crippen LogP contribution in [0, 0.1) is 20.8 Å². The van der Waals surface area contributed by atoms with E-state index in [1.807, 2.05) is 65.0 Å². The first-order valence-electron chi connectivity index (χ1n) is 11.2. The van der Waals surface area contributed by atoms with Gasteiger partial charge in [-0.15, -0.1) is 0 Å². The highest BCUT2D eigenvalue weighted by atomic mass is 32.2. The van der Waals surface area contributed by atoms with Gasteiger partial charge in [0.1, 0.15) is 12.6 Å². The van der Waals surface area contributed by atoms with Crippen molar-refractivity contribution in [3.8, 4) is 0 Å². The van der Waals surface area contributed by atoms with Crippen LogP contribution in [0.3, 0.4) is 0 Å². The number of rotatable bonds is 10. The third-order valence-corrected chi connectivity index (χ3v) is 6.86. The number of nitrogens with zero attached hydrogens (tertiary/aromatic N) is 2. The van der Waals surface area contributed by atoms with Gasteiger partial charge in [0.2, 0.25) is 21.8 Å². The van der Waals surface area contributed by atoms with E-state index in [0.29, 0.717) is 18.7 Å². The molecule has 0 heterocycles. The van der Waals surface area contributed by atoms with Crippen LogP contribution in [0.4, 0.5) is 5.69 Å². The molecule has 0 spiro atoms. The lowest BCUT2D eigenvalue weighted by molar-refractivity contribution is -0.140. The quantitative estimate of drug-likeness (QED) is 0.574. The first-order chi connectivity index (χ1) is 15.5. The highest BCUT2D eigenvalue weighted by Gasteiger charge is 2.32. The minimum Gasteiger partial charge on any atom is -0.355 e. The molecule has 180 valence electrons. The van der Waals surface area contributed by atoms with Gasteiger partial charge in [-0.05, 0) is 56.9 Å². The molecule has 33 heavy (non-hydrogen) atoms. The summed E-state index contributed by atoms with van der Waals surface area (Å²) < 4.78 is 26.5. The van der Waals surface area contributed by atoms with E-state index in [2.05, 4.69) is 5.32 Å². The normalized spacial score (nSPS) is 12.2. The van der Waals surface area contributed by atoms with E-state index < -0.39 is 22.0 Å². The molecule has 0 unspecified atom stereocenters. The van der Waals surface area contributed by atoms with Crippen molar-refractivity contribution in [1.29, 1.82) is 0 Å².